The van der Waals surface area contributed by atoms with Gasteiger partial charge >= 0.3 is 0 Å². The summed E-state index contributed by atoms with van der Waals surface area (Å²) in [5.41, 5.74) is 4.32. The molecule has 4 nitrogen and oxygen atoms in total. The number of hydrogen-bond donors (Lipinski definition) is 0. The lowest BCUT2D eigenvalue weighted by Gasteiger charge is -2.35. The largest absolute Gasteiger partial charge is 0.372 e. The fourth-order valence-electron chi connectivity index (χ4n) is 3.53. The van der Waals surface area contributed by atoms with Crippen LogP contribution in [0.4, 0.5) is 5.95 Å². The standard InChI is InChI=1S/C21H23N3O/c1-14-9-10-18-19(11-14)22-21(24-12-15(2)25-16(3)13-24)23-20(18)17-7-5-4-6-8-17/h4-11,15-16H,12-13H2,1-3H3/t15-,16-/m0/s1. The van der Waals surface area contributed by atoms with Crippen LogP contribution in [-0.4, -0.2) is 35.3 Å². The Morgan fingerprint density at radius 1 is 0.960 bits per heavy atom. The first-order valence-electron chi connectivity index (χ1n) is 8.84. The van der Waals surface area contributed by atoms with Crippen LogP contribution >= 0.6 is 0 Å². The van der Waals surface area contributed by atoms with Crippen molar-refractivity contribution in [1.29, 1.82) is 0 Å². The first kappa shape index (κ1) is 16.0. The molecular weight excluding hydrogens is 310 g/mol. The Morgan fingerprint density at radius 3 is 2.40 bits per heavy atom. The van der Waals surface area contributed by atoms with Gasteiger partial charge in [-0.05, 0) is 32.4 Å². The fraction of sp³-hybridized carbons (Fsp3) is 0.333. The number of aromatic nitrogens is 2. The third-order valence-corrected chi connectivity index (χ3v) is 4.59. The SMILES string of the molecule is Cc1ccc2c(-c3ccccc3)nc(N3C[C@H](C)O[C@@H](C)C3)nc2c1. The molecule has 4 rings (SSSR count). The molecule has 0 radical (unpaired) electrons. The normalized spacial score (nSPS) is 20.8. The molecular formula is C21H23N3O. The van der Waals surface area contributed by atoms with Crippen LogP contribution in [0.25, 0.3) is 22.2 Å². The monoisotopic (exact) mass is 333 g/mol. The van der Waals surface area contributed by atoms with Gasteiger partial charge < -0.3 is 9.64 Å². The van der Waals surface area contributed by atoms with Crippen molar-refractivity contribution in [3.8, 4) is 11.3 Å². The van der Waals surface area contributed by atoms with Crippen LogP contribution < -0.4 is 4.90 Å². The molecule has 2 heterocycles. The lowest BCUT2D eigenvalue weighted by Crippen LogP contribution is -2.46. The zero-order chi connectivity index (χ0) is 17.4. The number of morpholine rings is 1. The lowest BCUT2D eigenvalue weighted by molar-refractivity contribution is -0.00569. The van der Waals surface area contributed by atoms with Gasteiger partial charge in [0.1, 0.15) is 0 Å². The summed E-state index contributed by atoms with van der Waals surface area (Å²) in [6, 6.07) is 16.7. The van der Waals surface area contributed by atoms with Gasteiger partial charge in [0.25, 0.3) is 0 Å². The maximum Gasteiger partial charge on any atom is 0.226 e. The number of rotatable bonds is 2. The zero-order valence-electron chi connectivity index (χ0n) is 14.9. The van der Waals surface area contributed by atoms with Crippen molar-refractivity contribution in [2.75, 3.05) is 18.0 Å². The number of anilines is 1. The van der Waals surface area contributed by atoms with Gasteiger partial charge in [0.15, 0.2) is 0 Å². The summed E-state index contributed by atoms with van der Waals surface area (Å²) in [7, 11) is 0. The van der Waals surface area contributed by atoms with E-state index in [9.17, 15) is 0 Å². The molecule has 4 heteroatoms. The highest BCUT2D eigenvalue weighted by atomic mass is 16.5. The molecule has 1 aromatic heterocycles. The lowest BCUT2D eigenvalue weighted by atomic mass is 10.1. The number of hydrogen-bond acceptors (Lipinski definition) is 4. The van der Waals surface area contributed by atoms with Gasteiger partial charge in [0.05, 0.1) is 23.4 Å². The molecule has 1 aliphatic rings. The summed E-state index contributed by atoms with van der Waals surface area (Å²) in [5, 5.41) is 1.09. The van der Waals surface area contributed by atoms with Gasteiger partial charge in [-0.2, -0.15) is 0 Å². The first-order valence-corrected chi connectivity index (χ1v) is 8.84. The Bertz CT molecular complexity index is 884. The maximum atomic E-state index is 5.86. The number of ether oxygens (including phenoxy) is 1. The Kier molecular flexibility index (Phi) is 4.14. The summed E-state index contributed by atoms with van der Waals surface area (Å²) in [4.78, 5) is 12.1. The quantitative estimate of drug-likeness (QED) is 0.704. The van der Waals surface area contributed by atoms with Gasteiger partial charge in [-0.25, -0.2) is 9.97 Å². The molecule has 128 valence electrons. The van der Waals surface area contributed by atoms with Crippen LogP contribution in [0, 0.1) is 6.92 Å². The van der Waals surface area contributed by atoms with E-state index in [4.69, 9.17) is 14.7 Å². The molecule has 1 aliphatic heterocycles. The summed E-state index contributed by atoms with van der Waals surface area (Å²) in [6.07, 6.45) is 0.362. The van der Waals surface area contributed by atoms with Crippen molar-refractivity contribution in [2.45, 2.75) is 33.0 Å². The van der Waals surface area contributed by atoms with E-state index in [1.54, 1.807) is 0 Å². The smallest absolute Gasteiger partial charge is 0.226 e. The molecule has 0 saturated carbocycles. The molecule has 2 atom stereocenters. The van der Waals surface area contributed by atoms with E-state index in [-0.39, 0.29) is 12.2 Å². The molecule has 25 heavy (non-hydrogen) atoms. The Balaban J connectivity index is 1.88. The van der Waals surface area contributed by atoms with Crippen LogP contribution in [0.2, 0.25) is 0 Å². The predicted molar refractivity (Wildman–Crippen MR) is 102 cm³/mol. The van der Waals surface area contributed by atoms with Crippen molar-refractivity contribution >= 4 is 16.9 Å². The van der Waals surface area contributed by atoms with Crippen molar-refractivity contribution in [3.63, 3.8) is 0 Å². The van der Waals surface area contributed by atoms with Crippen LogP contribution in [0.15, 0.2) is 48.5 Å². The van der Waals surface area contributed by atoms with Gasteiger partial charge in [-0.3, -0.25) is 0 Å². The second kappa shape index (κ2) is 6.45. The molecule has 0 bridgehead atoms. The van der Waals surface area contributed by atoms with E-state index >= 15 is 0 Å². The Labute approximate surface area is 148 Å². The summed E-state index contributed by atoms with van der Waals surface area (Å²) in [5.74, 6) is 0.791. The molecule has 3 aromatic rings. The topological polar surface area (TPSA) is 38.2 Å². The molecule has 0 N–H and O–H groups in total. The van der Waals surface area contributed by atoms with E-state index in [1.807, 2.05) is 6.07 Å². The third kappa shape index (κ3) is 3.22. The molecule has 0 amide bonds. The Hall–Kier alpha value is -2.46. The third-order valence-electron chi connectivity index (χ3n) is 4.59. The molecule has 0 unspecified atom stereocenters. The van der Waals surface area contributed by atoms with E-state index in [0.717, 1.165) is 41.2 Å². The van der Waals surface area contributed by atoms with Gasteiger partial charge in [-0.1, -0.05) is 42.5 Å². The minimum Gasteiger partial charge on any atom is -0.372 e. The number of fused-ring (bicyclic) bond motifs is 1. The number of benzene rings is 2. The van der Waals surface area contributed by atoms with Crippen LogP contribution in [0.1, 0.15) is 19.4 Å². The minimum atomic E-state index is 0.181. The minimum absolute atomic E-state index is 0.181. The fourth-order valence-corrected chi connectivity index (χ4v) is 3.53. The average Bonchev–Trinajstić information content (AvgIpc) is 2.60. The van der Waals surface area contributed by atoms with E-state index in [1.165, 1.54) is 5.56 Å². The number of aryl methyl sites for hydroxylation is 1. The zero-order valence-corrected chi connectivity index (χ0v) is 14.9. The van der Waals surface area contributed by atoms with Crippen LogP contribution in [-0.2, 0) is 4.74 Å². The molecule has 1 fully saturated rings. The van der Waals surface area contributed by atoms with Gasteiger partial charge in [0, 0.05) is 24.0 Å². The number of nitrogens with zero attached hydrogens (tertiary/aromatic N) is 3. The van der Waals surface area contributed by atoms with Gasteiger partial charge in [-0.15, -0.1) is 0 Å². The predicted octanol–water partition coefficient (Wildman–Crippen LogP) is 4.22. The highest BCUT2D eigenvalue weighted by molar-refractivity contribution is 5.93. The second-order valence-electron chi connectivity index (χ2n) is 6.92. The summed E-state index contributed by atoms with van der Waals surface area (Å²) in [6.45, 7) is 7.94. The first-order chi connectivity index (χ1) is 12.1. The van der Waals surface area contributed by atoms with Crippen molar-refractivity contribution in [1.82, 2.24) is 9.97 Å². The van der Waals surface area contributed by atoms with Crippen molar-refractivity contribution < 1.29 is 4.74 Å². The second-order valence-corrected chi connectivity index (χ2v) is 6.92. The van der Waals surface area contributed by atoms with Crippen molar-refractivity contribution in [2.24, 2.45) is 0 Å². The van der Waals surface area contributed by atoms with Crippen LogP contribution in [0.5, 0.6) is 0 Å². The highest BCUT2D eigenvalue weighted by Gasteiger charge is 2.25. The summed E-state index contributed by atoms with van der Waals surface area (Å²) < 4.78 is 5.86. The summed E-state index contributed by atoms with van der Waals surface area (Å²) >= 11 is 0. The molecule has 1 saturated heterocycles. The Morgan fingerprint density at radius 2 is 1.68 bits per heavy atom. The van der Waals surface area contributed by atoms with E-state index < -0.39 is 0 Å². The van der Waals surface area contributed by atoms with Crippen molar-refractivity contribution in [3.05, 3.63) is 54.1 Å². The van der Waals surface area contributed by atoms with E-state index in [2.05, 4.69) is 68.1 Å². The van der Waals surface area contributed by atoms with E-state index in [0.29, 0.717) is 0 Å². The van der Waals surface area contributed by atoms with Gasteiger partial charge in [0.2, 0.25) is 5.95 Å². The molecule has 2 aromatic carbocycles. The molecule has 0 spiro atoms. The maximum absolute atomic E-state index is 5.86. The highest BCUT2D eigenvalue weighted by Crippen LogP contribution is 2.29. The van der Waals surface area contributed by atoms with Crippen LogP contribution in [0.3, 0.4) is 0 Å². The molecule has 0 aliphatic carbocycles. The average molecular weight is 333 g/mol.